The van der Waals surface area contributed by atoms with E-state index < -0.39 is 6.23 Å². The maximum absolute atomic E-state index is 11.8. The Kier molecular flexibility index (Phi) is 4.88. The topological polar surface area (TPSA) is 73.2 Å². The molecule has 0 aliphatic carbocycles. The number of benzene rings is 2. The molecule has 0 saturated heterocycles. The molecule has 0 bridgehead atoms. The van der Waals surface area contributed by atoms with Gasteiger partial charge in [0, 0.05) is 11.1 Å². The van der Waals surface area contributed by atoms with Crippen LogP contribution in [0.15, 0.2) is 71.4 Å². The fourth-order valence-corrected chi connectivity index (χ4v) is 3.96. The number of furan rings is 1. The first-order valence-corrected chi connectivity index (χ1v) is 10.1. The summed E-state index contributed by atoms with van der Waals surface area (Å²) in [6.07, 6.45) is 3.32. The van der Waals surface area contributed by atoms with Crippen molar-refractivity contribution in [3.05, 3.63) is 89.4 Å². The number of hydrogen-bond acceptors (Lipinski definition) is 7. The molecule has 1 aromatic heterocycles. The van der Waals surface area contributed by atoms with Crippen molar-refractivity contribution in [1.29, 1.82) is 0 Å². The summed E-state index contributed by atoms with van der Waals surface area (Å²) in [5.74, 6) is 1.79. The number of carbonyl (C=O) groups excluding carboxylic acids is 1. The van der Waals surface area contributed by atoms with Crippen LogP contribution in [-0.4, -0.2) is 24.7 Å². The van der Waals surface area contributed by atoms with Gasteiger partial charge in [-0.25, -0.2) is 4.79 Å². The molecule has 2 unspecified atom stereocenters. The highest BCUT2D eigenvalue weighted by molar-refractivity contribution is 5.89. The number of hydrazine groups is 1. The minimum Gasteiger partial charge on any atom is -0.490 e. The minimum absolute atomic E-state index is 0.0884. The monoisotopic (exact) mass is 418 g/mol. The standard InChI is InChI=1S/C24H22N2O5/c1-3-29-21-7-4-6-17-19-14-18(20-8-5-13-30-20)25-26(19)23(31-22(17)21)15-9-11-16(12-10-15)24(27)28-2/h4-14,19,23,25H,3H2,1-2H3. The molecule has 5 rings (SSSR count). The van der Waals surface area contributed by atoms with Crippen molar-refractivity contribution in [1.82, 2.24) is 10.4 Å². The number of methoxy groups -OCH3 is 1. The van der Waals surface area contributed by atoms with Gasteiger partial charge in [-0.2, -0.15) is 5.01 Å². The van der Waals surface area contributed by atoms with E-state index in [1.54, 1.807) is 18.4 Å². The van der Waals surface area contributed by atoms with E-state index in [0.29, 0.717) is 23.7 Å². The van der Waals surface area contributed by atoms with E-state index in [2.05, 4.69) is 11.5 Å². The molecular formula is C24H22N2O5. The molecule has 31 heavy (non-hydrogen) atoms. The van der Waals surface area contributed by atoms with Gasteiger partial charge in [0.15, 0.2) is 23.5 Å². The number of nitrogens with one attached hydrogen (secondary N) is 1. The van der Waals surface area contributed by atoms with E-state index in [1.807, 2.05) is 54.4 Å². The highest BCUT2D eigenvalue weighted by atomic mass is 16.5. The summed E-state index contributed by atoms with van der Waals surface area (Å²) in [5, 5.41) is 2.03. The molecule has 3 aromatic rings. The van der Waals surface area contributed by atoms with Gasteiger partial charge in [-0.05, 0) is 43.3 Å². The molecule has 0 fully saturated rings. The van der Waals surface area contributed by atoms with Gasteiger partial charge in [-0.1, -0.05) is 24.3 Å². The van der Waals surface area contributed by atoms with Crippen LogP contribution in [0, 0.1) is 0 Å². The summed E-state index contributed by atoms with van der Waals surface area (Å²) in [5.41, 5.74) is 6.66. The zero-order chi connectivity index (χ0) is 21.4. The third-order valence-electron chi connectivity index (χ3n) is 5.39. The van der Waals surface area contributed by atoms with Crippen LogP contribution in [0.2, 0.25) is 0 Å². The van der Waals surface area contributed by atoms with E-state index in [-0.39, 0.29) is 12.0 Å². The molecule has 0 saturated carbocycles. The van der Waals surface area contributed by atoms with Crippen molar-refractivity contribution in [2.24, 2.45) is 0 Å². The SMILES string of the molecule is CCOc1cccc2c1OC(c1ccc(C(=O)OC)cc1)N1NC(c3ccco3)=CC21. The fraction of sp³-hybridized carbons (Fsp3) is 0.208. The summed E-state index contributed by atoms with van der Waals surface area (Å²) >= 11 is 0. The van der Waals surface area contributed by atoms with E-state index in [4.69, 9.17) is 18.6 Å². The number of nitrogens with zero attached hydrogens (tertiary/aromatic N) is 1. The molecule has 2 aromatic carbocycles. The zero-order valence-electron chi connectivity index (χ0n) is 17.2. The highest BCUT2D eigenvalue weighted by Crippen LogP contribution is 2.49. The fourth-order valence-electron chi connectivity index (χ4n) is 3.96. The average molecular weight is 418 g/mol. The van der Waals surface area contributed by atoms with Crippen molar-refractivity contribution < 1.29 is 23.4 Å². The predicted molar refractivity (Wildman–Crippen MR) is 113 cm³/mol. The van der Waals surface area contributed by atoms with Crippen molar-refractivity contribution in [3.63, 3.8) is 0 Å². The summed E-state index contributed by atoms with van der Waals surface area (Å²) in [7, 11) is 1.37. The first-order chi connectivity index (χ1) is 15.2. The molecule has 1 N–H and O–H groups in total. The molecule has 2 aliphatic heterocycles. The molecule has 0 radical (unpaired) electrons. The highest BCUT2D eigenvalue weighted by Gasteiger charge is 2.41. The maximum atomic E-state index is 11.8. The summed E-state index contributed by atoms with van der Waals surface area (Å²) in [6.45, 7) is 2.49. The normalized spacial score (nSPS) is 19.5. The Bertz CT molecular complexity index is 1120. The lowest BCUT2D eigenvalue weighted by Crippen LogP contribution is -2.43. The van der Waals surface area contributed by atoms with Crippen LogP contribution >= 0.6 is 0 Å². The van der Waals surface area contributed by atoms with E-state index in [1.165, 1.54) is 7.11 Å². The summed E-state index contributed by atoms with van der Waals surface area (Å²) in [6, 6.07) is 16.8. The number of carbonyl (C=O) groups is 1. The molecule has 3 heterocycles. The Morgan fingerprint density at radius 1 is 1.13 bits per heavy atom. The first-order valence-electron chi connectivity index (χ1n) is 10.1. The average Bonchev–Trinajstić information content (AvgIpc) is 3.49. The number of esters is 1. The molecule has 2 aliphatic rings. The smallest absolute Gasteiger partial charge is 0.337 e. The van der Waals surface area contributed by atoms with Gasteiger partial charge in [-0.15, -0.1) is 0 Å². The van der Waals surface area contributed by atoms with Crippen molar-refractivity contribution in [2.75, 3.05) is 13.7 Å². The molecular weight excluding hydrogens is 396 g/mol. The molecule has 7 heteroatoms. The van der Waals surface area contributed by atoms with Crippen LogP contribution in [0.1, 0.15) is 46.4 Å². The van der Waals surface area contributed by atoms with Gasteiger partial charge >= 0.3 is 5.97 Å². The third kappa shape index (κ3) is 3.33. The van der Waals surface area contributed by atoms with Gasteiger partial charge in [0.1, 0.15) is 0 Å². The van der Waals surface area contributed by atoms with Gasteiger partial charge in [0.25, 0.3) is 0 Å². The number of hydrogen-bond donors (Lipinski definition) is 1. The van der Waals surface area contributed by atoms with Gasteiger partial charge in [0.2, 0.25) is 0 Å². The van der Waals surface area contributed by atoms with Crippen LogP contribution in [0.4, 0.5) is 0 Å². The second-order valence-corrected chi connectivity index (χ2v) is 7.21. The quantitative estimate of drug-likeness (QED) is 0.614. The van der Waals surface area contributed by atoms with Crippen LogP contribution < -0.4 is 14.9 Å². The lowest BCUT2D eigenvalue weighted by Gasteiger charge is -2.39. The third-order valence-corrected chi connectivity index (χ3v) is 5.39. The predicted octanol–water partition coefficient (Wildman–Crippen LogP) is 4.46. The Balaban J connectivity index is 1.57. The first kappa shape index (κ1) is 19.3. The number of fused-ring (bicyclic) bond motifs is 3. The molecule has 0 amide bonds. The van der Waals surface area contributed by atoms with Crippen molar-refractivity contribution in [2.45, 2.75) is 19.2 Å². The minimum atomic E-state index is -0.450. The molecule has 158 valence electrons. The summed E-state index contributed by atoms with van der Waals surface area (Å²) < 4.78 is 22.7. The van der Waals surface area contributed by atoms with Crippen LogP contribution in [-0.2, 0) is 4.74 Å². The molecule has 0 spiro atoms. The second-order valence-electron chi connectivity index (χ2n) is 7.21. The Hall–Kier alpha value is -3.71. The Morgan fingerprint density at radius 3 is 2.68 bits per heavy atom. The largest absolute Gasteiger partial charge is 0.490 e. The van der Waals surface area contributed by atoms with Crippen LogP contribution in [0.5, 0.6) is 11.5 Å². The van der Waals surface area contributed by atoms with Gasteiger partial charge in [-0.3, -0.25) is 0 Å². The molecule has 7 nitrogen and oxygen atoms in total. The van der Waals surface area contributed by atoms with Crippen LogP contribution in [0.25, 0.3) is 5.70 Å². The Labute approximate surface area is 179 Å². The zero-order valence-corrected chi connectivity index (χ0v) is 17.2. The lowest BCUT2D eigenvalue weighted by molar-refractivity contribution is -0.0347. The van der Waals surface area contributed by atoms with E-state index in [9.17, 15) is 4.79 Å². The van der Waals surface area contributed by atoms with E-state index in [0.717, 1.165) is 22.6 Å². The second kappa shape index (κ2) is 7.85. The maximum Gasteiger partial charge on any atom is 0.337 e. The van der Waals surface area contributed by atoms with Gasteiger partial charge in [0.05, 0.1) is 37.3 Å². The molecule has 2 atom stereocenters. The lowest BCUT2D eigenvalue weighted by atomic mass is 10.0. The summed E-state index contributed by atoms with van der Waals surface area (Å²) in [4.78, 5) is 11.8. The Morgan fingerprint density at radius 2 is 1.97 bits per heavy atom. The van der Waals surface area contributed by atoms with Crippen LogP contribution in [0.3, 0.4) is 0 Å². The van der Waals surface area contributed by atoms with Crippen molar-refractivity contribution >= 4 is 11.7 Å². The number of ether oxygens (including phenoxy) is 3. The van der Waals surface area contributed by atoms with Gasteiger partial charge < -0.3 is 24.1 Å². The van der Waals surface area contributed by atoms with E-state index >= 15 is 0 Å². The number of rotatable bonds is 5. The number of para-hydroxylation sites is 1. The van der Waals surface area contributed by atoms with Crippen molar-refractivity contribution in [3.8, 4) is 11.5 Å².